The van der Waals surface area contributed by atoms with Crippen LogP contribution in [-0.2, 0) is 19.6 Å². The van der Waals surface area contributed by atoms with Crippen molar-refractivity contribution in [1.82, 2.24) is 4.72 Å². The second-order valence-electron chi connectivity index (χ2n) is 5.51. The van der Waals surface area contributed by atoms with Crippen LogP contribution in [0.2, 0.25) is 0 Å². The third-order valence-electron chi connectivity index (χ3n) is 3.68. The monoisotopic (exact) mass is 392 g/mol. The number of ether oxygens (including phenoxy) is 2. The maximum atomic E-state index is 12.1. The number of rotatable bonds is 7. The Bertz CT molecular complexity index is 956. The predicted molar refractivity (Wildman–Crippen MR) is 99.3 cm³/mol. The van der Waals surface area contributed by atoms with Crippen molar-refractivity contribution in [2.24, 2.45) is 0 Å². The summed E-state index contributed by atoms with van der Waals surface area (Å²) in [7, 11) is -1.08. The van der Waals surface area contributed by atoms with Crippen LogP contribution in [0, 0.1) is 6.92 Å². The zero-order valence-corrected chi connectivity index (χ0v) is 15.9. The summed E-state index contributed by atoms with van der Waals surface area (Å²) < 4.78 is 36.3. The molecule has 27 heavy (non-hydrogen) atoms. The van der Waals surface area contributed by atoms with Crippen molar-refractivity contribution >= 4 is 27.6 Å². The summed E-state index contributed by atoms with van der Waals surface area (Å²) in [6.07, 6.45) is 0. The minimum atomic E-state index is -3.64. The van der Waals surface area contributed by atoms with Crippen molar-refractivity contribution in [3.05, 3.63) is 53.6 Å². The van der Waals surface area contributed by atoms with E-state index in [1.165, 1.54) is 26.3 Å². The predicted octanol–water partition coefficient (Wildman–Crippen LogP) is 1.71. The Morgan fingerprint density at radius 2 is 1.81 bits per heavy atom. The van der Waals surface area contributed by atoms with Gasteiger partial charge < -0.3 is 14.8 Å². The number of esters is 1. The number of hydrogen-bond donors (Lipinski definition) is 2. The standard InChI is InChI=1S/C18H20N2O6S/c1-12-8-9-13(10-16(12)27(23,24)19-2)20-17(21)11-26-15-7-5-4-6-14(15)18(22)25-3/h4-10,19H,11H2,1-3H3,(H,20,21). The van der Waals surface area contributed by atoms with Gasteiger partial charge in [-0.25, -0.2) is 17.9 Å². The van der Waals surface area contributed by atoms with Gasteiger partial charge in [-0.3, -0.25) is 4.79 Å². The molecule has 0 unspecified atom stereocenters. The maximum Gasteiger partial charge on any atom is 0.341 e. The second-order valence-corrected chi connectivity index (χ2v) is 7.37. The van der Waals surface area contributed by atoms with Gasteiger partial charge in [-0.05, 0) is 43.8 Å². The highest BCUT2D eigenvalue weighted by atomic mass is 32.2. The number of anilines is 1. The first-order valence-electron chi connectivity index (χ1n) is 7.92. The number of benzene rings is 2. The lowest BCUT2D eigenvalue weighted by atomic mass is 10.2. The molecule has 2 N–H and O–H groups in total. The number of para-hydroxylation sites is 1. The highest BCUT2D eigenvalue weighted by Gasteiger charge is 2.17. The van der Waals surface area contributed by atoms with E-state index in [9.17, 15) is 18.0 Å². The summed E-state index contributed by atoms with van der Waals surface area (Å²) in [4.78, 5) is 23.9. The molecule has 0 aliphatic heterocycles. The number of carbonyl (C=O) groups is 2. The number of amides is 1. The summed E-state index contributed by atoms with van der Waals surface area (Å²) >= 11 is 0. The van der Waals surface area contributed by atoms with Crippen LogP contribution in [0.4, 0.5) is 5.69 Å². The molecule has 0 heterocycles. The van der Waals surface area contributed by atoms with Gasteiger partial charge in [-0.2, -0.15) is 0 Å². The maximum absolute atomic E-state index is 12.1. The number of sulfonamides is 1. The molecule has 0 radical (unpaired) electrons. The summed E-state index contributed by atoms with van der Waals surface area (Å²) in [6, 6.07) is 10.9. The molecule has 0 aliphatic carbocycles. The van der Waals surface area contributed by atoms with Crippen LogP contribution in [0.3, 0.4) is 0 Å². The Morgan fingerprint density at radius 3 is 2.48 bits per heavy atom. The molecule has 1 amide bonds. The van der Waals surface area contributed by atoms with Gasteiger partial charge in [0.15, 0.2) is 6.61 Å². The first-order valence-corrected chi connectivity index (χ1v) is 9.41. The summed E-state index contributed by atoms with van der Waals surface area (Å²) in [5.41, 5.74) is 1.06. The van der Waals surface area contributed by atoms with E-state index in [-0.39, 0.29) is 22.8 Å². The van der Waals surface area contributed by atoms with Crippen LogP contribution in [0.1, 0.15) is 15.9 Å². The van der Waals surface area contributed by atoms with Gasteiger partial charge in [-0.15, -0.1) is 0 Å². The van der Waals surface area contributed by atoms with E-state index in [2.05, 4.69) is 14.8 Å². The zero-order chi connectivity index (χ0) is 20.0. The normalized spacial score (nSPS) is 10.9. The average Bonchev–Trinajstić information content (AvgIpc) is 2.67. The van der Waals surface area contributed by atoms with Crippen LogP contribution in [0.15, 0.2) is 47.4 Å². The quantitative estimate of drug-likeness (QED) is 0.694. The van der Waals surface area contributed by atoms with E-state index < -0.39 is 21.9 Å². The summed E-state index contributed by atoms with van der Waals surface area (Å²) in [5, 5.41) is 2.57. The molecule has 2 aromatic rings. The highest BCUT2D eigenvalue weighted by molar-refractivity contribution is 7.89. The number of methoxy groups -OCH3 is 1. The molecule has 0 bridgehead atoms. The minimum Gasteiger partial charge on any atom is -0.483 e. The molecule has 0 fully saturated rings. The highest BCUT2D eigenvalue weighted by Crippen LogP contribution is 2.21. The number of aryl methyl sites for hydroxylation is 1. The topological polar surface area (TPSA) is 111 Å². The van der Waals surface area contributed by atoms with Crippen molar-refractivity contribution in [1.29, 1.82) is 0 Å². The lowest BCUT2D eigenvalue weighted by Gasteiger charge is -2.12. The molecule has 0 aliphatic rings. The molecule has 9 heteroatoms. The van der Waals surface area contributed by atoms with E-state index in [4.69, 9.17) is 4.74 Å². The molecule has 0 saturated heterocycles. The van der Waals surface area contributed by atoms with Crippen molar-refractivity contribution in [3.8, 4) is 5.75 Å². The largest absolute Gasteiger partial charge is 0.483 e. The van der Waals surface area contributed by atoms with Crippen molar-refractivity contribution < 1.29 is 27.5 Å². The molecule has 0 saturated carbocycles. The second kappa shape index (κ2) is 8.65. The van der Waals surface area contributed by atoms with Gasteiger partial charge >= 0.3 is 5.97 Å². The summed E-state index contributed by atoms with van der Waals surface area (Å²) in [5.74, 6) is -0.875. The molecular weight excluding hydrogens is 372 g/mol. The van der Waals surface area contributed by atoms with Gasteiger partial charge in [0.2, 0.25) is 10.0 Å². The molecule has 8 nitrogen and oxygen atoms in total. The first-order chi connectivity index (χ1) is 12.8. The van der Waals surface area contributed by atoms with Crippen LogP contribution >= 0.6 is 0 Å². The molecule has 0 aromatic heterocycles. The van der Waals surface area contributed by atoms with Crippen molar-refractivity contribution in [3.63, 3.8) is 0 Å². The molecule has 144 valence electrons. The van der Waals surface area contributed by atoms with E-state index in [0.717, 1.165) is 0 Å². The van der Waals surface area contributed by atoms with Crippen LogP contribution in [-0.4, -0.2) is 41.1 Å². The van der Waals surface area contributed by atoms with Gasteiger partial charge in [0.25, 0.3) is 5.91 Å². The Balaban J connectivity index is 2.10. The van der Waals surface area contributed by atoms with Crippen LogP contribution < -0.4 is 14.8 Å². The van der Waals surface area contributed by atoms with Gasteiger partial charge in [0.05, 0.1) is 12.0 Å². The molecule has 2 aromatic carbocycles. The summed E-state index contributed by atoms with van der Waals surface area (Å²) in [6.45, 7) is 1.29. The average molecular weight is 392 g/mol. The SMILES string of the molecule is CNS(=O)(=O)c1cc(NC(=O)COc2ccccc2C(=O)OC)ccc1C. The Labute approximate surface area is 157 Å². The molecular formula is C18H20N2O6S. The number of carbonyl (C=O) groups excluding carboxylic acids is 2. The van der Waals surface area contributed by atoms with Gasteiger partial charge in [0, 0.05) is 5.69 Å². The van der Waals surface area contributed by atoms with E-state index in [0.29, 0.717) is 11.3 Å². The fourth-order valence-corrected chi connectivity index (χ4v) is 3.28. The van der Waals surface area contributed by atoms with Gasteiger partial charge in [-0.1, -0.05) is 18.2 Å². The van der Waals surface area contributed by atoms with E-state index in [1.807, 2.05) is 0 Å². The molecule has 0 atom stereocenters. The fourth-order valence-electron chi connectivity index (χ4n) is 2.29. The third kappa shape index (κ3) is 5.05. The van der Waals surface area contributed by atoms with E-state index in [1.54, 1.807) is 37.3 Å². The molecule has 0 spiro atoms. The lowest BCUT2D eigenvalue weighted by Crippen LogP contribution is -2.22. The lowest BCUT2D eigenvalue weighted by molar-refractivity contribution is -0.118. The number of hydrogen-bond acceptors (Lipinski definition) is 6. The smallest absolute Gasteiger partial charge is 0.341 e. The van der Waals surface area contributed by atoms with Crippen molar-refractivity contribution in [2.75, 3.05) is 26.1 Å². The zero-order valence-electron chi connectivity index (χ0n) is 15.1. The van der Waals surface area contributed by atoms with E-state index >= 15 is 0 Å². The van der Waals surface area contributed by atoms with Crippen LogP contribution in [0.25, 0.3) is 0 Å². The fraction of sp³-hybridized carbons (Fsp3) is 0.222. The van der Waals surface area contributed by atoms with Crippen molar-refractivity contribution in [2.45, 2.75) is 11.8 Å². The minimum absolute atomic E-state index is 0.0692. The third-order valence-corrected chi connectivity index (χ3v) is 5.24. The number of nitrogens with one attached hydrogen (secondary N) is 2. The molecule has 2 rings (SSSR count). The van der Waals surface area contributed by atoms with Gasteiger partial charge in [0.1, 0.15) is 11.3 Å². The Morgan fingerprint density at radius 1 is 1.11 bits per heavy atom. The van der Waals surface area contributed by atoms with Crippen LogP contribution in [0.5, 0.6) is 5.75 Å². The Kier molecular flexibility index (Phi) is 6.54. The Hall–Kier alpha value is -2.91. The first kappa shape index (κ1) is 20.4.